The van der Waals surface area contributed by atoms with Gasteiger partial charge in [-0.15, -0.1) is 10.2 Å². The largest absolute Gasteiger partial charge is 0.507 e. The van der Waals surface area contributed by atoms with E-state index in [1.165, 1.54) is 11.3 Å². The fourth-order valence-corrected chi connectivity index (χ4v) is 3.90. The molecule has 7 nitrogen and oxygen atoms in total. The van der Waals surface area contributed by atoms with Crippen molar-refractivity contribution in [2.45, 2.75) is 53.0 Å². The molecule has 1 amide bonds. The number of carbonyl (C=O) groups is 1. The standard InChI is InChI=1S/C17H22N4O3S/c1-4-7-21-12-6-5-9(2)8-11(12)14(22)13(16(21)24)15(23)18-17-20-19-10(3)25-17/h9,22H,4-8H2,1-3H3,(H,18,20,23)/t9-/m1/s1. The minimum Gasteiger partial charge on any atom is -0.507 e. The number of hydrogen-bond acceptors (Lipinski definition) is 6. The van der Waals surface area contributed by atoms with E-state index in [1.807, 2.05) is 6.92 Å². The molecule has 1 aliphatic carbocycles. The summed E-state index contributed by atoms with van der Waals surface area (Å²) >= 11 is 1.22. The van der Waals surface area contributed by atoms with E-state index in [0.717, 1.165) is 30.5 Å². The molecule has 2 heterocycles. The van der Waals surface area contributed by atoms with Crippen LogP contribution in [0.2, 0.25) is 0 Å². The summed E-state index contributed by atoms with van der Waals surface area (Å²) in [6.45, 7) is 6.41. The van der Waals surface area contributed by atoms with Crippen LogP contribution in [0.1, 0.15) is 53.3 Å². The van der Waals surface area contributed by atoms with Crippen molar-refractivity contribution in [2.75, 3.05) is 5.32 Å². The summed E-state index contributed by atoms with van der Waals surface area (Å²) < 4.78 is 1.65. The van der Waals surface area contributed by atoms with Crippen molar-refractivity contribution < 1.29 is 9.90 Å². The number of carbonyl (C=O) groups excluding carboxylic acids is 1. The maximum atomic E-state index is 12.9. The van der Waals surface area contributed by atoms with Gasteiger partial charge in [-0.2, -0.15) is 0 Å². The highest BCUT2D eigenvalue weighted by atomic mass is 32.1. The van der Waals surface area contributed by atoms with E-state index in [2.05, 4.69) is 22.4 Å². The van der Waals surface area contributed by atoms with Crippen LogP contribution in [0.3, 0.4) is 0 Å². The number of aromatic hydroxyl groups is 1. The molecule has 134 valence electrons. The average molecular weight is 362 g/mol. The second-order valence-corrected chi connectivity index (χ2v) is 7.72. The number of fused-ring (bicyclic) bond motifs is 1. The summed E-state index contributed by atoms with van der Waals surface area (Å²) in [4.78, 5) is 25.5. The number of nitrogens with zero attached hydrogens (tertiary/aromatic N) is 3. The van der Waals surface area contributed by atoms with Crippen LogP contribution >= 0.6 is 11.3 Å². The lowest BCUT2D eigenvalue weighted by Gasteiger charge is -2.26. The van der Waals surface area contributed by atoms with Gasteiger partial charge in [0.2, 0.25) is 5.13 Å². The minimum absolute atomic E-state index is 0.183. The summed E-state index contributed by atoms with van der Waals surface area (Å²) in [5.74, 6) is -0.408. The molecule has 2 aromatic heterocycles. The predicted octanol–water partition coefficient (Wildman–Crippen LogP) is 2.50. The Morgan fingerprint density at radius 2 is 2.20 bits per heavy atom. The quantitative estimate of drug-likeness (QED) is 0.871. The van der Waals surface area contributed by atoms with Crippen molar-refractivity contribution in [3.63, 3.8) is 0 Å². The molecular formula is C17H22N4O3S. The van der Waals surface area contributed by atoms with Crippen molar-refractivity contribution in [2.24, 2.45) is 5.92 Å². The third-order valence-corrected chi connectivity index (χ3v) is 5.26. The maximum absolute atomic E-state index is 12.9. The molecule has 0 unspecified atom stereocenters. The molecule has 0 saturated carbocycles. The van der Waals surface area contributed by atoms with Gasteiger partial charge in [0, 0.05) is 17.8 Å². The molecule has 0 spiro atoms. The first kappa shape index (κ1) is 17.6. The van der Waals surface area contributed by atoms with Crippen LogP contribution in [0.15, 0.2) is 4.79 Å². The Hall–Kier alpha value is -2.22. The SMILES string of the molecule is CCCn1c2c(c(O)c(C(=O)Nc3nnc(C)s3)c1=O)C[C@H](C)CC2. The number of rotatable bonds is 4. The van der Waals surface area contributed by atoms with Gasteiger partial charge < -0.3 is 9.67 Å². The summed E-state index contributed by atoms with van der Waals surface area (Å²) in [5.41, 5.74) is 0.955. The van der Waals surface area contributed by atoms with Gasteiger partial charge in [0.15, 0.2) is 0 Å². The molecule has 2 aromatic rings. The predicted molar refractivity (Wildman–Crippen MR) is 96.4 cm³/mol. The fourth-order valence-electron chi connectivity index (χ4n) is 3.31. The van der Waals surface area contributed by atoms with Gasteiger partial charge in [-0.1, -0.05) is 25.2 Å². The summed E-state index contributed by atoms with van der Waals surface area (Å²) in [5, 5.41) is 22.0. The molecule has 0 aromatic carbocycles. The van der Waals surface area contributed by atoms with Gasteiger partial charge >= 0.3 is 0 Å². The Morgan fingerprint density at radius 1 is 1.44 bits per heavy atom. The van der Waals surface area contributed by atoms with E-state index in [9.17, 15) is 14.7 Å². The highest BCUT2D eigenvalue weighted by molar-refractivity contribution is 7.15. The number of amides is 1. The molecule has 3 rings (SSSR count). The van der Waals surface area contributed by atoms with Crippen molar-refractivity contribution in [3.05, 3.63) is 32.2 Å². The van der Waals surface area contributed by atoms with Gasteiger partial charge in [-0.05, 0) is 38.5 Å². The average Bonchev–Trinajstić information content (AvgIpc) is 2.96. The molecule has 0 saturated heterocycles. The van der Waals surface area contributed by atoms with Crippen LogP contribution in [0.25, 0.3) is 0 Å². The molecular weight excluding hydrogens is 340 g/mol. The molecule has 0 radical (unpaired) electrons. The zero-order valence-corrected chi connectivity index (χ0v) is 15.4. The second-order valence-electron chi connectivity index (χ2n) is 6.53. The van der Waals surface area contributed by atoms with Crippen LogP contribution in [-0.2, 0) is 19.4 Å². The van der Waals surface area contributed by atoms with Crippen LogP contribution in [0, 0.1) is 12.8 Å². The Labute approximate surface area is 149 Å². The molecule has 8 heteroatoms. The van der Waals surface area contributed by atoms with E-state index in [4.69, 9.17) is 0 Å². The van der Waals surface area contributed by atoms with Gasteiger partial charge in [0.1, 0.15) is 16.3 Å². The lowest BCUT2D eigenvalue weighted by atomic mass is 9.86. The van der Waals surface area contributed by atoms with E-state index < -0.39 is 11.5 Å². The molecule has 0 fully saturated rings. The summed E-state index contributed by atoms with van der Waals surface area (Å²) in [7, 11) is 0. The van der Waals surface area contributed by atoms with Crippen molar-refractivity contribution in [1.82, 2.24) is 14.8 Å². The number of hydrogen-bond donors (Lipinski definition) is 2. The number of aromatic nitrogens is 3. The van der Waals surface area contributed by atoms with Crippen molar-refractivity contribution in [3.8, 4) is 5.75 Å². The Morgan fingerprint density at radius 3 is 2.84 bits per heavy atom. The van der Waals surface area contributed by atoms with Crippen molar-refractivity contribution >= 4 is 22.4 Å². The maximum Gasteiger partial charge on any atom is 0.267 e. The fraction of sp³-hybridized carbons (Fsp3) is 0.529. The summed E-state index contributed by atoms with van der Waals surface area (Å²) in [6.07, 6.45) is 3.18. The number of aryl methyl sites for hydroxylation is 1. The van der Waals surface area contributed by atoms with E-state index >= 15 is 0 Å². The topological polar surface area (TPSA) is 97.1 Å². The molecule has 25 heavy (non-hydrogen) atoms. The zero-order valence-electron chi connectivity index (χ0n) is 14.6. The molecule has 1 aliphatic rings. The first-order valence-electron chi connectivity index (χ1n) is 8.51. The number of anilines is 1. The first-order chi connectivity index (χ1) is 11.9. The van der Waals surface area contributed by atoms with E-state index in [-0.39, 0.29) is 11.3 Å². The van der Waals surface area contributed by atoms with Crippen LogP contribution in [0.4, 0.5) is 5.13 Å². The highest BCUT2D eigenvalue weighted by Crippen LogP contribution is 2.33. The van der Waals surface area contributed by atoms with Gasteiger partial charge in [-0.3, -0.25) is 14.9 Å². The Balaban J connectivity index is 2.09. The third-order valence-electron chi connectivity index (χ3n) is 4.50. The molecule has 0 aliphatic heterocycles. The molecule has 2 N–H and O–H groups in total. The summed E-state index contributed by atoms with van der Waals surface area (Å²) in [6, 6.07) is 0. The normalized spacial score (nSPS) is 16.5. The lowest BCUT2D eigenvalue weighted by Crippen LogP contribution is -2.34. The van der Waals surface area contributed by atoms with E-state index in [1.54, 1.807) is 11.5 Å². The second kappa shape index (κ2) is 6.95. The third kappa shape index (κ3) is 3.30. The van der Waals surface area contributed by atoms with Crippen LogP contribution in [-0.4, -0.2) is 25.8 Å². The monoisotopic (exact) mass is 362 g/mol. The highest BCUT2D eigenvalue weighted by Gasteiger charge is 2.29. The van der Waals surface area contributed by atoms with Gasteiger partial charge in [0.05, 0.1) is 0 Å². The van der Waals surface area contributed by atoms with Crippen molar-refractivity contribution in [1.29, 1.82) is 0 Å². The van der Waals surface area contributed by atoms with Gasteiger partial charge in [0.25, 0.3) is 11.5 Å². The molecule has 0 bridgehead atoms. The molecule has 1 atom stereocenters. The van der Waals surface area contributed by atoms with Gasteiger partial charge in [-0.25, -0.2) is 0 Å². The first-order valence-corrected chi connectivity index (χ1v) is 9.33. The lowest BCUT2D eigenvalue weighted by molar-refractivity contribution is 0.102. The van der Waals surface area contributed by atoms with Crippen LogP contribution < -0.4 is 10.9 Å². The Kier molecular flexibility index (Phi) is 4.89. The number of pyridine rings is 1. The zero-order chi connectivity index (χ0) is 18.1. The smallest absolute Gasteiger partial charge is 0.267 e. The number of nitrogens with one attached hydrogen (secondary N) is 1. The Bertz CT molecular complexity index is 872. The van der Waals surface area contributed by atoms with E-state index in [0.29, 0.717) is 29.0 Å². The minimum atomic E-state index is -0.635. The van der Waals surface area contributed by atoms with Crippen LogP contribution in [0.5, 0.6) is 5.75 Å².